The van der Waals surface area contributed by atoms with Crippen LogP contribution in [0.5, 0.6) is 11.5 Å². The van der Waals surface area contributed by atoms with Crippen LogP contribution in [0.4, 0.5) is 5.69 Å². The van der Waals surface area contributed by atoms with E-state index in [1.807, 2.05) is 24.3 Å². The molecule has 2 aliphatic heterocycles. The van der Waals surface area contributed by atoms with Crippen LogP contribution < -0.4 is 15.0 Å². The fourth-order valence-corrected chi connectivity index (χ4v) is 4.62. The summed E-state index contributed by atoms with van der Waals surface area (Å²) in [7, 11) is 1.63. The number of aliphatic hydroxyl groups is 1. The number of amides is 2. The molecule has 4 rings (SSSR count). The zero-order valence-corrected chi connectivity index (χ0v) is 20.6. The Balaban J connectivity index is 1.36. The minimum absolute atomic E-state index is 0.0229. The third-order valence-corrected chi connectivity index (χ3v) is 6.55. The predicted molar refractivity (Wildman–Crippen MR) is 134 cm³/mol. The highest BCUT2D eigenvalue weighted by Gasteiger charge is 2.29. The molecule has 1 atom stereocenters. The molecule has 2 fully saturated rings. The molecular formula is C26H34N4O6. The van der Waals surface area contributed by atoms with Gasteiger partial charge in [0.25, 0.3) is 5.91 Å². The van der Waals surface area contributed by atoms with Gasteiger partial charge in [0.15, 0.2) is 0 Å². The maximum Gasteiger partial charge on any atom is 0.252 e. The van der Waals surface area contributed by atoms with Gasteiger partial charge in [-0.05, 0) is 35.9 Å². The summed E-state index contributed by atoms with van der Waals surface area (Å²) in [5, 5.41) is 22.7. The number of carbonyl (C=O) groups is 2. The molecule has 10 nitrogen and oxygen atoms in total. The Kier molecular flexibility index (Phi) is 8.63. The molecule has 0 saturated carbocycles. The molecule has 2 heterocycles. The third kappa shape index (κ3) is 6.26. The number of anilines is 1. The topological polar surface area (TPSA) is 115 Å². The number of morpholine rings is 1. The van der Waals surface area contributed by atoms with Crippen molar-refractivity contribution in [3.05, 3.63) is 53.6 Å². The molecule has 0 unspecified atom stereocenters. The molecule has 2 aromatic carbocycles. The Labute approximate surface area is 211 Å². The highest BCUT2D eigenvalue weighted by atomic mass is 16.5. The average molecular weight is 499 g/mol. The van der Waals surface area contributed by atoms with E-state index in [-0.39, 0.29) is 17.2 Å². The van der Waals surface area contributed by atoms with Crippen molar-refractivity contribution in [2.24, 2.45) is 0 Å². The van der Waals surface area contributed by atoms with Gasteiger partial charge in [0.2, 0.25) is 5.91 Å². The molecule has 0 radical (unpaired) electrons. The lowest BCUT2D eigenvalue weighted by molar-refractivity contribution is -0.134. The summed E-state index contributed by atoms with van der Waals surface area (Å²) in [5.74, 6) is -0.101. The van der Waals surface area contributed by atoms with E-state index in [1.54, 1.807) is 24.1 Å². The lowest BCUT2D eigenvalue weighted by atomic mass is 10.1. The number of hydrogen-bond acceptors (Lipinski definition) is 8. The summed E-state index contributed by atoms with van der Waals surface area (Å²) in [4.78, 5) is 32.0. The van der Waals surface area contributed by atoms with Gasteiger partial charge < -0.3 is 34.8 Å². The SMILES string of the molecule is COc1ccccc1N1CCN(C(=O)[C@H](CO)NC(=O)c2cc(O)cc(CN3CCOCC3)c2)CC1. The predicted octanol–water partition coefficient (Wildman–Crippen LogP) is 0.673. The summed E-state index contributed by atoms with van der Waals surface area (Å²) in [6, 6.07) is 11.4. The fraction of sp³-hybridized carbons (Fsp3) is 0.462. The maximum atomic E-state index is 13.1. The van der Waals surface area contributed by atoms with Crippen molar-refractivity contribution < 1.29 is 29.3 Å². The number of phenolic OH excluding ortho intramolecular Hbond substituents is 1. The quantitative estimate of drug-likeness (QED) is 0.487. The first-order chi connectivity index (χ1) is 17.5. The molecule has 3 N–H and O–H groups in total. The number of nitrogens with zero attached hydrogens (tertiary/aromatic N) is 3. The van der Waals surface area contributed by atoms with Crippen LogP contribution in [0.15, 0.2) is 42.5 Å². The van der Waals surface area contributed by atoms with Crippen LogP contribution in [-0.4, -0.2) is 104 Å². The number of benzene rings is 2. The van der Waals surface area contributed by atoms with Crippen LogP contribution in [-0.2, 0) is 16.1 Å². The first kappa shape index (κ1) is 25.7. The first-order valence-corrected chi connectivity index (χ1v) is 12.2. The average Bonchev–Trinajstić information content (AvgIpc) is 2.91. The number of para-hydroxylation sites is 2. The van der Waals surface area contributed by atoms with Gasteiger partial charge in [-0.3, -0.25) is 14.5 Å². The standard InChI is InChI=1S/C26H34N4O6/c1-35-24-5-3-2-4-23(24)29-6-8-30(9-7-29)26(34)22(18-31)27-25(33)20-14-19(15-21(32)16-20)17-28-10-12-36-13-11-28/h2-5,14-16,22,31-32H,6-13,17-18H2,1H3,(H,27,33)/t22-/m0/s1. The van der Waals surface area contributed by atoms with E-state index in [4.69, 9.17) is 9.47 Å². The van der Waals surface area contributed by atoms with Gasteiger partial charge in [0, 0.05) is 51.4 Å². The molecule has 2 amide bonds. The van der Waals surface area contributed by atoms with Gasteiger partial charge in [-0.15, -0.1) is 0 Å². The number of nitrogens with one attached hydrogen (secondary N) is 1. The lowest BCUT2D eigenvalue weighted by Gasteiger charge is -2.37. The Morgan fingerprint density at radius 1 is 1.06 bits per heavy atom. The number of piperazine rings is 1. The molecule has 0 bridgehead atoms. The van der Waals surface area contributed by atoms with Crippen molar-refractivity contribution in [1.82, 2.24) is 15.1 Å². The number of aliphatic hydroxyl groups excluding tert-OH is 1. The Morgan fingerprint density at radius 2 is 1.78 bits per heavy atom. The van der Waals surface area contributed by atoms with Gasteiger partial charge in [-0.1, -0.05) is 12.1 Å². The molecular weight excluding hydrogens is 464 g/mol. The van der Waals surface area contributed by atoms with Crippen molar-refractivity contribution in [2.45, 2.75) is 12.6 Å². The number of rotatable bonds is 8. The van der Waals surface area contributed by atoms with Crippen molar-refractivity contribution in [1.29, 1.82) is 0 Å². The molecule has 2 aromatic rings. The molecule has 0 aromatic heterocycles. The van der Waals surface area contributed by atoms with E-state index in [0.717, 1.165) is 30.1 Å². The van der Waals surface area contributed by atoms with Crippen LogP contribution in [0.2, 0.25) is 0 Å². The van der Waals surface area contributed by atoms with Gasteiger partial charge in [-0.2, -0.15) is 0 Å². The van der Waals surface area contributed by atoms with Crippen LogP contribution in [0, 0.1) is 0 Å². The minimum atomic E-state index is -1.07. The van der Waals surface area contributed by atoms with Crippen molar-refractivity contribution in [3.8, 4) is 11.5 Å². The van der Waals surface area contributed by atoms with Crippen LogP contribution in [0.3, 0.4) is 0 Å². The number of carbonyl (C=O) groups excluding carboxylic acids is 2. The smallest absolute Gasteiger partial charge is 0.252 e. The van der Waals surface area contributed by atoms with Crippen LogP contribution in [0.1, 0.15) is 15.9 Å². The Bertz CT molecular complexity index is 1050. The molecule has 194 valence electrons. The molecule has 2 aliphatic rings. The van der Waals surface area contributed by atoms with Crippen molar-refractivity contribution >= 4 is 17.5 Å². The highest BCUT2D eigenvalue weighted by molar-refractivity contribution is 5.98. The second-order valence-corrected chi connectivity index (χ2v) is 8.97. The Hall–Kier alpha value is -3.34. The summed E-state index contributed by atoms with van der Waals surface area (Å²) in [6.45, 7) is 5.06. The molecule has 0 aliphatic carbocycles. The van der Waals surface area contributed by atoms with E-state index < -0.39 is 18.6 Å². The van der Waals surface area contributed by atoms with E-state index in [1.165, 1.54) is 6.07 Å². The molecule has 36 heavy (non-hydrogen) atoms. The van der Waals surface area contributed by atoms with Crippen molar-refractivity contribution in [2.75, 3.05) is 71.1 Å². The zero-order chi connectivity index (χ0) is 25.5. The maximum absolute atomic E-state index is 13.1. The second kappa shape index (κ2) is 12.1. The number of ether oxygens (including phenoxy) is 2. The van der Waals surface area contributed by atoms with Gasteiger partial charge in [-0.25, -0.2) is 0 Å². The summed E-state index contributed by atoms with van der Waals surface area (Å²) >= 11 is 0. The van der Waals surface area contributed by atoms with Gasteiger partial charge >= 0.3 is 0 Å². The number of phenols is 1. The fourth-order valence-electron chi connectivity index (χ4n) is 4.62. The summed E-state index contributed by atoms with van der Waals surface area (Å²) < 4.78 is 10.8. The normalized spacial score (nSPS) is 17.5. The van der Waals surface area contributed by atoms with Gasteiger partial charge in [0.1, 0.15) is 17.5 Å². The van der Waals surface area contributed by atoms with E-state index in [9.17, 15) is 19.8 Å². The zero-order valence-electron chi connectivity index (χ0n) is 20.6. The summed E-state index contributed by atoms with van der Waals surface area (Å²) in [5.41, 5.74) is 2.00. The Morgan fingerprint density at radius 3 is 2.47 bits per heavy atom. The van der Waals surface area contributed by atoms with E-state index in [2.05, 4.69) is 15.1 Å². The number of methoxy groups -OCH3 is 1. The monoisotopic (exact) mass is 498 g/mol. The second-order valence-electron chi connectivity index (χ2n) is 8.97. The largest absolute Gasteiger partial charge is 0.508 e. The molecule has 2 saturated heterocycles. The molecule has 0 spiro atoms. The minimum Gasteiger partial charge on any atom is -0.508 e. The third-order valence-electron chi connectivity index (χ3n) is 6.55. The van der Waals surface area contributed by atoms with Crippen LogP contribution in [0.25, 0.3) is 0 Å². The van der Waals surface area contributed by atoms with E-state index >= 15 is 0 Å². The molecule has 10 heteroatoms. The highest BCUT2D eigenvalue weighted by Crippen LogP contribution is 2.28. The van der Waals surface area contributed by atoms with E-state index in [0.29, 0.717) is 45.9 Å². The van der Waals surface area contributed by atoms with Gasteiger partial charge in [0.05, 0.1) is 32.6 Å². The van der Waals surface area contributed by atoms with Crippen molar-refractivity contribution in [3.63, 3.8) is 0 Å². The number of hydrogen-bond donors (Lipinski definition) is 3. The first-order valence-electron chi connectivity index (χ1n) is 12.2. The number of aromatic hydroxyl groups is 1. The lowest BCUT2D eigenvalue weighted by Crippen LogP contribution is -2.56. The summed E-state index contributed by atoms with van der Waals surface area (Å²) in [6.07, 6.45) is 0. The van der Waals surface area contributed by atoms with Crippen LogP contribution >= 0.6 is 0 Å².